The van der Waals surface area contributed by atoms with Crippen LogP contribution >= 0.6 is 0 Å². The first-order chi connectivity index (χ1) is 10.1. The number of hydrogen-bond donors (Lipinski definition) is 2. The topological polar surface area (TPSA) is 86.0 Å². The van der Waals surface area contributed by atoms with E-state index in [9.17, 15) is 0 Å². The van der Waals surface area contributed by atoms with Crippen molar-refractivity contribution in [2.75, 3.05) is 0 Å². The lowest BCUT2D eigenvalue weighted by molar-refractivity contribution is 0.306. The fourth-order valence-corrected chi connectivity index (χ4v) is 1.72. The van der Waals surface area contributed by atoms with E-state index in [1.165, 1.54) is 5.56 Å². The molecule has 0 saturated carbocycles. The van der Waals surface area contributed by atoms with Gasteiger partial charge in [0.2, 0.25) is 5.96 Å². The van der Waals surface area contributed by atoms with Gasteiger partial charge in [-0.3, -0.25) is 0 Å². The summed E-state index contributed by atoms with van der Waals surface area (Å²) in [6.07, 6.45) is 1.56. The number of guanidine groups is 1. The zero-order valence-electron chi connectivity index (χ0n) is 11.9. The van der Waals surface area contributed by atoms with E-state index in [-0.39, 0.29) is 5.96 Å². The molecule has 5 nitrogen and oxygen atoms in total. The third-order valence-electron chi connectivity index (χ3n) is 2.80. The monoisotopic (exact) mass is 282 g/mol. The van der Waals surface area contributed by atoms with Gasteiger partial charge in [-0.2, -0.15) is 5.10 Å². The van der Waals surface area contributed by atoms with Gasteiger partial charge in [-0.1, -0.05) is 42.0 Å². The third-order valence-corrected chi connectivity index (χ3v) is 2.80. The molecule has 0 unspecified atom stereocenters. The quantitative estimate of drug-likeness (QED) is 0.500. The number of benzene rings is 2. The number of rotatable bonds is 5. The van der Waals surface area contributed by atoms with Crippen LogP contribution in [-0.2, 0) is 6.61 Å². The SMILES string of the molecule is Cc1ccc(COc2ccccc2/C=N/N=C(N)N)cc1. The molecule has 0 heterocycles. The first-order valence-electron chi connectivity index (χ1n) is 6.54. The molecule has 0 aliphatic heterocycles. The number of nitrogens with two attached hydrogens (primary N) is 2. The number of para-hydroxylation sites is 1. The maximum atomic E-state index is 5.82. The van der Waals surface area contributed by atoms with Crippen LogP contribution in [0, 0.1) is 6.92 Å². The van der Waals surface area contributed by atoms with Crippen molar-refractivity contribution in [3.63, 3.8) is 0 Å². The fraction of sp³-hybridized carbons (Fsp3) is 0.125. The molecular weight excluding hydrogens is 264 g/mol. The summed E-state index contributed by atoms with van der Waals surface area (Å²) >= 11 is 0. The predicted molar refractivity (Wildman–Crippen MR) is 85.4 cm³/mol. The Balaban J connectivity index is 2.07. The van der Waals surface area contributed by atoms with Crippen LogP contribution in [0.1, 0.15) is 16.7 Å². The van der Waals surface area contributed by atoms with Crippen molar-refractivity contribution < 1.29 is 4.74 Å². The third kappa shape index (κ3) is 4.65. The van der Waals surface area contributed by atoms with Crippen molar-refractivity contribution in [1.82, 2.24) is 0 Å². The van der Waals surface area contributed by atoms with Crippen molar-refractivity contribution in [3.05, 3.63) is 65.2 Å². The Kier molecular flexibility index (Phi) is 4.93. The van der Waals surface area contributed by atoms with E-state index in [2.05, 4.69) is 29.3 Å². The number of hydrogen-bond acceptors (Lipinski definition) is 3. The number of nitrogens with zero attached hydrogens (tertiary/aromatic N) is 2. The molecule has 0 saturated heterocycles. The Morgan fingerprint density at radius 2 is 1.81 bits per heavy atom. The van der Waals surface area contributed by atoms with E-state index in [1.807, 2.05) is 36.4 Å². The van der Waals surface area contributed by atoms with E-state index in [1.54, 1.807) is 6.21 Å². The molecule has 0 bridgehead atoms. The molecule has 2 rings (SSSR count). The average molecular weight is 282 g/mol. The lowest BCUT2D eigenvalue weighted by Gasteiger charge is -2.09. The zero-order valence-corrected chi connectivity index (χ0v) is 11.9. The van der Waals surface area contributed by atoms with Gasteiger partial charge in [0.05, 0.1) is 6.21 Å². The minimum atomic E-state index is -0.0793. The number of aryl methyl sites for hydroxylation is 1. The molecule has 4 N–H and O–H groups in total. The second-order valence-corrected chi connectivity index (χ2v) is 4.58. The van der Waals surface area contributed by atoms with Gasteiger partial charge in [0.25, 0.3) is 0 Å². The minimum absolute atomic E-state index is 0.0793. The van der Waals surface area contributed by atoms with Gasteiger partial charge in [-0.25, -0.2) is 0 Å². The second kappa shape index (κ2) is 7.09. The van der Waals surface area contributed by atoms with Gasteiger partial charge in [0.15, 0.2) is 0 Å². The highest BCUT2D eigenvalue weighted by Crippen LogP contribution is 2.17. The molecule has 108 valence electrons. The highest BCUT2D eigenvalue weighted by molar-refractivity contribution is 5.84. The van der Waals surface area contributed by atoms with Crippen LogP contribution in [0.5, 0.6) is 5.75 Å². The summed E-state index contributed by atoms with van der Waals surface area (Å²) in [5, 5.41) is 7.38. The van der Waals surface area contributed by atoms with Gasteiger partial charge < -0.3 is 16.2 Å². The van der Waals surface area contributed by atoms with Crippen LogP contribution in [-0.4, -0.2) is 12.2 Å². The standard InChI is InChI=1S/C16H18N4O/c1-12-6-8-13(9-7-12)11-21-15-5-3-2-4-14(15)10-19-20-16(17)18/h2-10H,11H2,1H3,(H4,17,18,20)/b19-10+. The average Bonchev–Trinajstić information content (AvgIpc) is 2.47. The van der Waals surface area contributed by atoms with Gasteiger partial charge in [-0.05, 0) is 24.6 Å². The molecule has 0 radical (unpaired) electrons. The lowest BCUT2D eigenvalue weighted by atomic mass is 10.1. The first kappa shape index (κ1) is 14.6. The smallest absolute Gasteiger partial charge is 0.211 e. The van der Waals surface area contributed by atoms with Crippen molar-refractivity contribution in [2.45, 2.75) is 13.5 Å². The highest BCUT2D eigenvalue weighted by Gasteiger charge is 2.01. The van der Waals surface area contributed by atoms with Crippen LogP contribution in [0.15, 0.2) is 58.7 Å². The Hall–Kier alpha value is -2.82. The van der Waals surface area contributed by atoms with Crippen LogP contribution < -0.4 is 16.2 Å². The molecule has 0 aromatic heterocycles. The van der Waals surface area contributed by atoms with Gasteiger partial charge in [0, 0.05) is 5.56 Å². The minimum Gasteiger partial charge on any atom is -0.488 e. The van der Waals surface area contributed by atoms with Crippen molar-refractivity contribution in [1.29, 1.82) is 0 Å². The summed E-state index contributed by atoms with van der Waals surface area (Å²) in [6, 6.07) is 15.8. The van der Waals surface area contributed by atoms with Crippen molar-refractivity contribution in [3.8, 4) is 5.75 Å². The van der Waals surface area contributed by atoms with Crippen molar-refractivity contribution >= 4 is 12.2 Å². The maximum Gasteiger partial charge on any atom is 0.211 e. The molecule has 0 atom stereocenters. The van der Waals surface area contributed by atoms with Crippen LogP contribution in [0.4, 0.5) is 0 Å². The van der Waals surface area contributed by atoms with Crippen LogP contribution in [0.2, 0.25) is 0 Å². The Morgan fingerprint density at radius 1 is 1.10 bits per heavy atom. The maximum absolute atomic E-state index is 5.82. The molecule has 0 aliphatic carbocycles. The lowest BCUT2D eigenvalue weighted by Crippen LogP contribution is -2.21. The van der Waals surface area contributed by atoms with E-state index < -0.39 is 0 Å². The number of ether oxygens (including phenoxy) is 1. The molecule has 0 amide bonds. The molecule has 21 heavy (non-hydrogen) atoms. The molecule has 2 aromatic rings. The molecular formula is C16H18N4O. The van der Waals surface area contributed by atoms with E-state index in [0.717, 1.165) is 16.9 Å². The largest absolute Gasteiger partial charge is 0.488 e. The molecule has 0 aliphatic rings. The summed E-state index contributed by atoms with van der Waals surface area (Å²) in [6.45, 7) is 2.55. The summed E-state index contributed by atoms with van der Waals surface area (Å²) in [5.74, 6) is 0.650. The predicted octanol–water partition coefficient (Wildman–Crippen LogP) is 2.18. The Bertz CT molecular complexity index is 644. The zero-order chi connectivity index (χ0) is 15.1. The highest BCUT2D eigenvalue weighted by atomic mass is 16.5. The van der Waals surface area contributed by atoms with Gasteiger partial charge in [-0.15, -0.1) is 5.10 Å². The van der Waals surface area contributed by atoms with E-state index in [0.29, 0.717) is 6.61 Å². The van der Waals surface area contributed by atoms with Gasteiger partial charge >= 0.3 is 0 Å². The molecule has 0 spiro atoms. The first-order valence-corrected chi connectivity index (χ1v) is 6.54. The normalized spacial score (nSPS) is 10.5. The summed E-state index contributed by atoms with van der Waals surface area (Å²) in [7, 11) is 0. The summed E-state index contributed by atoms with van der Waals surface area (Å²) in [4.78, 5) is 0. The molecule has 2 aromatic carbocycles. The summed E-state index contributed by atoms with van der Waals surface area (Å²) < 4.78 is 5.82. The Morgan fingerprint density at radius 3 is 2.52 bits per heavy atom. The van der Waals surface area contributed by atoms with Crippen LogP contribution in [0.3, 0.4) is 0 Å². The van der Waals surface area contributed by atoms with E-state index in [4.69, 9.17) is 16.2 Å². The van der Waals surface area contributed by atoms with Crippen molar-refractivity contribution in [2.24, 2.45) is 21.7 Å². The van der Waals surface area contributed by atoms with Crippen LogP contribution in [0.25, 0.3) is 0 Å². The van der Waals surface area contributed by atoms with E-state index >= 15 is 0 Å². The molecule has 5 heteroatoms. The van der Waals surface area contributed by atoms with Gasteiger partial charge in [0.1, 0.15) is 12.4 Å². The molecule has 0 fully saturated rings. The Labute approximate surface area is 124 Å². The summed E-state index contributed by atoms with van der Waals surface area (Å²) in [5.41, 5.74) is 13.6. The fourth-order valence-electron chi connectivity index (χ4n) is 1.72. The second-order valence-electron chi connectivity index (χ2n) is 4.58.